The molecule has 0 aromatic carbocycles. The summed E-state index contributed by atoms with van der Waals surface area (Å²) in [5.74, 6) is 6.33. The van der Waals surface area contributed by atoms with E-state index in [4.69, 9.17) is 4.74 Å². The van der Waals surface area contributed by atoms with Crippen LogP contribution < -0.4 is 0 Å². The van der Waals surface area contributed by atoms with Gasteiger partial charge in [0, 0.05) is 22.5 Å². The minimum absolute atomic E-state index is 0.0385. The van der Waals surface area contributed by atoms with E-state index >= 15 is 0 Å². The summed E-state index contributed by atoms with van der Waals surface area (Å²) >= 11 is 4.40. The predicted molar refractivity (Wildman–Crippen MR) is 115 cm³/mol. The largest absolute Gasteiger partial charge is 0.466 e. The summed E-state index contributed by atoms with van der Waals surface area (Å²) in [6.07, 6.45) is 12.5. The molecule has 2 saturated carbocycles. The monoisotopic (exact) mass is 404 g/mol. The average molecular weight is 405 g/mol. The third-order valence-corrected chi connectivity index (χ3v) is 12.0. The van der Waals surface area contributed by atoms with Gasteiger partial charge in [0.1, 0.15) is 0 Å². The maximum absolute atomic E-state index is 12.4. The lowest BCUT2D eigenvalue weighted by Gasteiger charge is -2.56. The van der Waals surface area contributed by atoms with Gasteiger partial charge in [0.15, 0.2) is 0 Å². The van der Waals surface area contributed by atoms with Crippen molar-refractivity contribution >= 4 is 29.5 Å². The van der Waals surface area contributed by atoms with Crippen molar-refractivity contribution in [2.45, 2.75) is 56.5 Å². The highest BCUT2D eigenvalue weighted by Gasteiger charge is 2.57. The molecule has 0 aromatic heterocycles. The van der Waals surface area contributed by atoms with Crippen molar-refractivity contribution in [1.82, 2.24) is 0 Å². The van der Waals surface area contributed by atoms with Crippen LogP contribution in [-0.2, 0) is 9.53 Å². The Morgan fingerprint density at radius 2 is 2.00 bits per heavy atom. The smallest absolute Gasteiger partial charge is 0.333 e. The highest BCUT2D eigenvalue weighted by molar-refractivity contribution is 8.21. The minimum Gasteiger partial charge on any atom is -0.466 e. The van der Waals surface area contributed by atoms with E-state index in [0.717, 1.165) is 42.1 Å². The minimum atomic E-state index is -0.0858. The van der Waals surface area contributed by atoms with Gasteiger partial charge in [-0.1, -0.05) is 31.6 Å². The first kappa shape index (κ1) is 18.7. The number of allylic oxidation sites excluding steroid dienone is 2. The van der Waals surface area contributed by atoms with E-state index in [1.54, 1.807) is 5.57 Å². The Hall–Kier alpha value is -0.350. The first-order valence-electron chi connectivity index (χ1n) is 10.8. The van der Waals surface area contributed by atoms with Crippen molar-refractivity contribution in [2.75, 3.05) is 18.6 Å². The van der Waals surface area contributed by atoms with Crippen molar-refractivity contribution in [3.63, 3.8) is 0 Å². The van der Waals surface area contributed by atoms with Crippen LogP contribution in [0.5, 0.6) is 0 Å². The second-order valence-electron chi connectivity index (χ2n) is 9.70. The molecule has 2 nitrogen and oxygen atoms in total. The van der Waals surface area contributed by atoms with Gasteiger partial charge in [-0.05, 0) is 68.1 Å². The van der Waals surface area contributed by atoms with Gasteiger partial charge in [-0.25, -0.2) is 4.79 Å². The van der Waals surface area contributed by atoms with E-state index in [9.17, 15) is 4.79 Å². The van der Waals surface area contributed by atoms with Crippen molar-refractivity contribution in [3.8, 4) is 0 Å². The Morgan fingerprint density at radius 3 is 2.74 bits per heavy atom. The van der Waals surface area contributed by atoms with Crippen LogP contribution in [0.4, 0.5) is 0 Å². The Kier molecular flexibility index (Phi) is 4.55. The third-order valence-electron chi connectivity index (χ3n) is 8.56. The number of thioether (sulfide) groups is 2. The quantitative estimate of drug-likeness (QED) is 0.414. The molecule has 1 aliphatic heterocycles. The summed E-state index contributed by atoms with van der Waals surface area (Å²) in [6.45, 7) is 4.84. The maximum Gasteiger partial charge on any atom is 0.333 e. The number of hydrogen-bond donors (Lipinski definition) is 0. The Labute approximate surface area is 172 Å². The molecule has 0 unspecified atom stereocenters. The van der Waals surface area contributed by atoms with E-state index in [1.807, 2.05) is 0 Å². The van der Waals surface area contributed by atoms with Gasteiger partial charge < -0.3 is 4.74 Å². The van der Waals surface area contributed by atoms with Crippen molar-refractivity contribution in [3.05, 3.63) is 23.3 Å². The normalized spacial score (nSPS) is 44.8. The van der Waals surface area contributed by atoms with Crippen LogP contribution in [0.1, 0.15) is 52.4 Å². The zero-order valence-corrected chi connectivity index (χ0v) is 18.5. The Bertz CT molecular complexity index is 705. The van der Waals surface area contributed by atoms with Crippen LogP contribution in [0, 0.1) is 35.0 Å². The molecule has 6 atom stereocenters. The second-order valence-corrected chi connectivity index (χ2v) is 12.8. The molecule has 148 valence electrons. The maximum atomic E-state index is 12.4. The summed E-state index contributed by atoms with van der Waals surface area (Å²) in [6, 6.07) is 0. The molecule has 1 spiro atoms. The van der Waals surface area contributed by atoms with Gasteiger partial charge >= 0.3 is 5.97 Å². The molecule has 1 heterocycles. The fourth-order valence-electron chi connectivity index (χ4n) is 7.42. The number of hydrogen-bond acceptors (Lipinski definition) is 4. The Morgan fingerprint density at radius 1 is 1.22 bits per heavy atom. The zero-order chi connectivity index (χ0) is 18.8. The molecule has 0 bridgehead atoms. The fourth-order valence-corrected chi connectivity index (χ4v) is 10.6. The molecule has 5 aliphatic rings. The van der Waals surface area contributed by atoms with Crippen LogP contribution in [-0.4, -0.2) is 28.7 Å². The standard InChI is InChI=1S/C23H32O2S2/c1-14-12-15-13-23(26-10-11-27-23)9-7-16(15)17-6-8-22(2)18(20(14)17)4-5-19(22)21(24)25-3/h5,13-14,16-18,20H,4,6-12H2,1-3H3/t14-,16+,17-,18-,20-,22+/m1/s1. The molecule has 0 radical (unpaired) electrons. The number of methoxy groups -OCH3 is 1. The lowest BCUT2D eigenvalue weighted by Crippen LogP contribution is -2.49. The lowest BCUT2D eigenvalue weighted by molar-refractivity contribution is -0.138. The lowest BCUT2D eigenvalue weighted by atomic mass is 9.49. The predicted octanol–water partition coefficient (Wildman–Crippen LogP) is 5.69. The van der Waals surface area contributed by atoms with Crippen molar-refractivity contribution in [2.24, 2.45) is 35.0 Å². The average Bonchev–Trinajstić information content (AvgIpc) is 3.24. The molecule has 1 saturated heterocycles. The van der Waals surface area contributed by atoms with E-state index in [0.29, 0.717) is 10.00 Å². The van der Waals surface area contributed by atoms with Crippen LogP contribution in [0.2, 0.25) is 0 Å². The van der Waals surface area contributed by atoms with Gasteiger partial charge in [-0.15, -0.1) is 23.5 Å². The molecule has 4 heteroatoms. The number of carbonyl (C=O) groups is 1. The van der Waals surface area contributed by atoms with E-state index in [1.165, 1.54) is 44.3 Å². The number of carbonyl (C=O) groups excluding carboxylic acids is 1. The highest BCUT2D eigenvalue weighted by Crippen LogP contribution is 2.65. The summed E-state index contributed by atoms with van der Waals surface area (Å²) < 4.78 is 5.54. The summed E-state index contributed by atoms with van der Waals surface area (Å²) in [7, 11) is 1.53. The molecule has 0 amide bonds. The third kappa shape index (κ3) is 2.72. The molecule has 0 N–H and O–H groups in total. The number of fused-ring (bicyclic) bond motifs is 5. The summed E-state index contributed by atoms with van der Waals surface area (Å²) in [4.78, 5) is 12.4. The number of esters is 1. The molecule has 0 aromatic rings. The van der Waals surface area contributed by atoms with Crippen LogP contribution >= 0.6 is 23.5 Å². The zero-order valence-electron chi connectivity index (χ0n) is 16.8. The van der Waals surface area contributed by atoms with Gasteiger partial charge in [0.05, 0.1) is 11.2 Å². The van der Waals surface area contributed by atoms with Gasteiger partial charge in [-0.3, -0.25) is 0 Å². The number of rotatable bonds is 1. The van der Waals surface area contributed by atoms with E-state index < -0.39 is 0 Å². The van der Waals surface area contributed by atoms with Crippen molar-refractivity contribution in [1.29, 1.82) is 0 Å². The van der Waals surface area contributed by atoms with E-state index in [2.05, 4.69) is 49.5 Å². The van der Waals surface area contributed by atoms with E-state index in [-0.39, 0.29) is 11.4 Å². The van der Waals surface area contributed by atoms with Gasteiger partial charge in [0.25, 0.3) is 0 Å². The summed E-state index contributed by atoms with van der Waals surface area (Å²) in [5, 5.41) is 0. The second kappa shape index (κ2) is 6.58. The highest BCUT2D eigenvalue weighted by atomic mass is 32.2. The molecular formula is C23H32O2S2. The fraction of sp³-hybridized carbons (Fsp3) is 0.783. The Balaban J connectivity index is 1.43. The summed E-state index contributed by atoms with van der Waals surface area (Å²) in [5.41, 5.74) is 2.81. The molecule has 4 aliphatic carbocycles. The van der Waals surface area contributed by atoms with Gasteiger partial charge in [0.2, 0.25) is 0 Å². The number of ether oxygens (including phenoxy) is 1. The molecule has 3 fully saturated rings. The van der Waals surface area contributed by atoms with Crippen molar-refractivity contribution < 1.29 is 9.53 Å². The van der Waals surface area contributed by atoms with Gasteiger partial charge in [-0.2, -0.15) is 0 Å². The first-order chi connectivity index (χ1) is 13.0. The molecular weight excluding hydrogens is 372 g/mol. The van der Waals surface area contributed by atoms with Crippen LogP contribution in [0.15, 0.2) is 23.3 Å². The SMILES string of the molecule is COC(=O)C1=CC[C@@H]2[C@H]3[C@H](CC[C@]12C)[C@H]1CCC2(C=C1C[C@H]3C)SCCS2. The van der Waals surface area contributed by atoms with Crippen LogP contribution in [0.3, 0.4) is 0 Å². The topological polar surface area (TPSA) is 26.3 Å². The van der Waals surface area contributed by atoms with Crippen LogP contribution in [0.25, 0.3) is 0 Å². The molecule has 5 rings (SSSR count). The molecule has 27 heavy (non-hydrogen) atoms. The first-order valence-corrected chi connectivity index (χ1v) is 12.7.